The van der Waals surface area contributed by atoms with Crippen LogP contribution in [0.15, 0.2) is 18.2 Å². The Kier molecular flexibility index (Phi) is 6.37. The van der Waals surface area contributed by atoms with Crippen LogP contribution in [0.25, 0.3) is 0 Å². The molecule has 0 saturated carbocycles. The lowest BCUT2D eigenvalue weighted by molar-refractivity contribution is 0.203. The van der Waals surface area contributed by atoms with Gasteiger partial charge in [0.25, 0.3) is 0 Å². The van der Waals surface area contributed by atoms with Crippen molar-refractivity contribution in [2.75, 3.05) is 18.6 Å². The van der Waals surface area contributed by atoms with Gasteiger partial charge in [0.15, 0.2) is 11.6 Å². The maximum Gasteiger partial charge on any atom is 0.165 e. The van der Waals surface area contributed by atoms with E-state index in [9.17, 15) is 9.50 Å². The number of aliphatic hydroxyl groups excluding tert-OH is 1. The minimum Gasteiger partial charge on any atom is -0.494 e. The first-order valence-corrected chi connectivity index (χ1v) is 6.93. The molecule has 0 aliphatic carbocycles. The maximum absolute atomic E-state index is 13.4. The van der Waals surface area contributed by atoms with E-state index >= 15 is 0 Å². The van der Waals surface area contributed by atoms with E-state index in [0.717, 1.165) is 18.6 Å². The van der Waals surface area contributed by atoms with Crippen molar-refractivity contribution in [3.63, 3.8) is 0 Å². The summed E-state index contributed by atoms with van der Waals surface area (Å²) in [7, 11) is 1.43. The molecule has 1 rings (SSSR count). The molecule has 0 aliphatic heterocycles. The highest BCUT2D eigenvalue weighted by atomic mass is 32.2. The van der Waals surface area contributed by atoms with Crippen molar-refractivity contribution in [1.82, 2.24) is 0 Å². The van der Waals surface area contributed by atoms with Crippen LogP contribution >= 0.6 is 11.8 Å². The van der Waals surface area contributed by atoms with Crippen molar-refractivity contribution in [2.45, 2.75) is 25.9 Å². The first-order chi connectivity index (χ1) is 8.19. The van der Waals surface area contributed by atoms with Crippen LogP contribution in [0, 0.1) is 5.82 Å². The van der Waals surface area contributed by atoms with Crippen LogP contribution in [-0.2, 0) is 0 Å². The van der Waals surface area contributed by atoms with Gasteiger partial charge in [-0.25, -0.2) is 4.39 Å². The Morgan fingerprint density at radius 1 is 1.47 bits per heavy atom. The largest absolute Gasteiger partial charge is 0.494 e. The van der Waals surface area contributed by atoms with Gasteiger partial charge in [-0.15, -0.1) is 0 Å². The standard InChI is InChI=1S/C13H19FO2S/c1-3-4-7-17-9-12(15)10-5-6-13(16-2)11(14)8-10/h5-6,8,12,15H,3-4,7,9H2,1-2H3/t12-/m0/s1. The second-order valence-corrected chi connectivity index (χ2v) is 4.99. The fourth-order valence-corrected chi connectivity index (χ4v) is 2.50. The zero-order valence-electron chi connectivity index (χ0n) is 10.3. The molecule has 0 radical (unpaired) electrons. The van der Waals surface area contributed by atoms with Gasteiger partial charge in [-0.3, -0.25) is 0 Å². The van der Waals surface area contributed by atoms with Crippen LogP contribution in [0.2, 0.25) is 0 Å². The van der Waals surface area contributed by atoms with Crippen molar-refractivity contribution >= 4 is 11.8 Å². The summed E-state index contributed by atoms with van der Waals surface area (Å²) in [5.41, 5.74) is 0.604. The summed E-state index contributed by atoms with van der Waals surface area (Å²) in [5.74, 6) is 1.42. The monoisotopic (exact) mass is 258 g/mol. The van der Waals surface area contributed by atoms with Crippen molar-refractivity contribution in [1.29, 1.82) is 0 Å². The average molecular weight is 258 g/mol. The zero-order chi connectivity index (χ0) is 12.7. The third-order valence-corrected chi connectivity index (χ3v) is 3.61. The van der Waals surface area contributed by atoms with Crippen LogP contribution in [0.3, 0.4) is 0 Å². The summed E-state index contributed by atoms with van der Waals surface area (Å²) in [6, 6.07) is 4.58. The molecule has 0 spiro atoms. The highest BCUT2D eigenvalue weighted by Gasteiger charge is 2.10. The molecule has 1 aromatic carbocycles. The molecule has 0 aliphatic rings. The quantitative estimate of drug-likeness (QED) is 0.760. The molecule has 4 heteroatoms. The molecule has 0 heterocycles. The third kappa shape index (κ3) is 4.56. The number of ether oxygens (including phenoxy) is 1. The van der Waals surface area contributed by atoms with Crippen LogP contribution < -0.4 is 4.74 Å². The van der Waals surface area contributed by atoms with Crippen molar-refractivity contribution in [2.24, 2.45) is 0 Å². The van der Waals surface area contributed by atoms with Gasteiger partial charge in [0, 0.05) is 5.75 Å². The van der Waals surface area contributed by atoms with Gasteiger partial charge in [0.05, 0.1) is 13.2 Å². The average Bonchev–Trinajstić information content (AvgIpc) is 2.34. The number of halogens is 1. The molecule has 0 fully saturated rings. The Labute approximate surface area is 106 Å². The van der Waals surface area contributed by atoms with Crippen molar-refractivity contribution < 1.29 is 14.2 Å². The molecule has 17 heavy (non-hydrogen) atoms. The van der Waals surface area contributed by atoms with E-state index in [2.05, 4.69) is 6.92 Å². The number of methoxy groups -OCH3 is 1. The molecule has 1 atom stereocenters. The predicted molar refractivity (Wildman–Crippen MR) is 70.1 cm³/mol. The smallest absolute Gasteiger partial charge is 0.165 e. The highest BCUT2D eigenvalue weighted by molar-refractivity contribution is 7.99. The van der Waals surface area contributed by atoms with Gasteiger partial charge in [0.1, 0.15) is 0 Å². The number of unbranched alkanes of at least 4 members (excludes halogenated alkanes) is 1. The third-order valence-electron chi connectivity index (χ3n) is 2.48. The lowest BCUT2D eigenvalue weighted by atomic mass is 10.1. The topological polar surface area (TPSA) is 29.5 Å². The molecule has 1 aromatic rings. The number of thioether (sulfide) groups is 1. The molecular weight excluding hydrogens is 239 g/mol. The Bertz CT molecular complexity index is 344. The van der Waals surface area contributed by atoms with Gasteiger partial charge in [-0.1, -0.05) is 19.4 Å². The Hall–Kier alpha value is -0.740. The minimum absolute atomic E-state index is 0.208. The molecule has 0 unspecified atom stereocenters. The van der Waals surface area contributed by atoms with Gasteiger partial charge >= 0.3 is 0 Å². The number of hydrogen-bond donors (Lipinski definition) is 1. The Morgan fingerprint density at radius 2 is 2.24 bits per heavy atom. The van der Waals surface area contributed by atoms with E-state index < -0.39 is 11.9 Å². The van der Waals surface area contributed by atoms with Crippen LogP contribution in [-0.4, -0.2) is 23.7 Å². The summed E-state index contributed by atoms with van der Waals surface area (Å²) in [6.45, 7) is 2.13. The molecule has 0 bridgehead atoms. The van der Waals surface area contributed by atoms with Gasteiger partial charge in [-0.05, 0) is 29.9 Å². The highest BCUT2D eigenvalue weighted by Crippen LogP contribution is 2.24. The summed E-state index contributed by atoms with van der Waals surface area (Å²) < 4.78 is 18.2. The Balaban J connectivity index is 2.51. The lowest BCUT2D eigenvalue weighted by Crippen LogP contribution is -2.02. The minimum atomic E-state index is -0.614. The van der Waals surface area contributed by atoms with Gasteiger partial charge in [-0.2, -0.15) is 11.8 Å². The molecule has 1 N–H and O–H groups in total. The first-order valence-electron chi connectivity index (χ1n) is 5.78. The summed E-state index contributed by atoms with van der Waals surface area (Å²) in [6.07, 6.45) is 1.69. The molecular formula is C13H19FO2S. The van der Waals surface area contributed by atoms with E-state index in [4.69, 9.17) is 4.74 Å². The SMILES string of the molecule is CCCCSC[C@H](O)c1ccc(OC)c(F)c1. The number of benzene rings is 1. The van der Waals surface area contributed by atoms with Crippen LogP contribution in [0.1, 0.15) is 31.4 Å². The van der Waals surface area contributed by atoms with Crippen LogP contribution in [0.4, 0.5) is 4.39 Å². The number of hydrogen-bond acceptors (Lipinski definition) is 3. The molecule has 96 valence electrons. The van der Waals surface area contributed by atoms with Crippen LogP contribution in [0.5, 0.6) is 5.75 Å². The van der Waals surface area contributed by atoms with E-state index in [0.29, 0.717) is 11.3 Å². The summed E-state index contributed by atoms with van der Waals surface area (Å²) in [4.78, 5) is 0. The van der Waals surface area contributed by atoms with Gasteiger partial charge in [0.2, 0.25) is 0 Å². The second-order valence-electron chi connectivity index (χ2n) is 3.84. The molecule has 0 aromatic heterocycles. The van der Waals surface area contributed by atoms with E-state index in [1.54, 1.807) is 23.9 Å². The molecule has 0 amide bonds. The van der Waals surface area contributed by atoms with E-state index in [1.165, 1.54) is 13.2 Å². The normalized spacial score (nSPS) is 12.5. The number of rotatable bonds is 7. The molecule has 2 nitrogen and oxygen atoms in total. The summed E-state index contributed by atoms with van der Waals surface area (Å²) in [5, 5.41) is 9.88. The fraction of sp³-hybridized carbons (Fsp3) is 0.538. The fourth-order valence-electron chi connectivity index (χ4n) is 1.43. The summed E-state index contributed by atoms with van der Waals surface area (Å²) >= 11 is 1.69. The number of aliphatic hydroxyl groups is 1. The van der Waals surface area contributed by atoms with Crippen molar-refractivity contribution in [3.8, 4) is 5.75 Å². The maximum atomic E-state index is 13.4. The van der Waals surface area contributed by atoms with Gasteiger partial charge < -0.3 is 9.84 Å². The predicted octanol–water partition coefficient (Wildman–Crippen LogP) is 3.40. The van der Waals surface area contributed by atoms with E-state index in [1.807, 2.05) is 0 Å². The first kappa shape index (κ1) is 14.3. The second kappa shape index (κ2) is 7.56. The van der Waals surface area contributed by atoms with E-state index in [-0.39, 0.29) is 5.75 Å². The van der Waals surface area contributed by atoms with Crippen molar-refractivity contribution in [3.05, 3.63) is 29.6 Å². The molecule has 0 saturated heterocycles. The zero-order valence-corrected chi connectivity index (χ0v) is 11.1. The lowest BCUT2D eigenvalue weighted by Gasteiger charge is -2.11. The Morgan fingerprint density at radius 3 is 2.82 bits per heavy atom.